The third-order valence-electron chi connectivity index (χ3n) is 3.52. The zero-order valence-electron chi connectivity index (χ0n) is 8.24. The molecule has 0 amide bonds. The number of fused-ring (bicyclic) bond motifs is 1. The molecule has 2 nitrogen and oxygen atoms in total. The van der Waals surface area contributed by atoms with Gasteiger partial charge >= 0.3 is 0 Å². The summed E-state index contributed by atoms with van der Waals surface area (Å²) in [5.74, 6) is 0.465. The molecule has 2 heteroatoms. The molecule has 1 N–H and O–H groups in total. The molecule has 0 spiro atoms. The fourth-order valence-corrected chi connectivity index (χ4v) is 2.53. The molecule has 1 aliphatic heterocycles. The van der Waals surface area contributed by atoms with Gasteiger partial charge < -0.3 is 10.0 Å². The Morgan fingerprint density at radius 1 is 1.29 bits per heavy atom. The molecule has 0 saturated heterocycles. The lowest BCUT2D eigenvalue weighted by Crippen LogP contribution is -2.38. The second kappa shape index (κ2) is 2.91. The van der Waals surface area contributed by atoms with E-state index in [4.69, 9.17) is 0 Å². The summed E-state index contributed by atoms with van der Waals surface area (Å²) in [5.41, 5.74) is 2.43. The van der Waals surface area contributed by atoms with E-state index < -0.39 is 0 Å². The Labute approximate surface area is 84.2 Å². The first-order valence-corrected chi connectivity index (χ1v) is 5.44. The van der Waals surface area contributed by atoms with Gasteiger partial charge in [-0.2, -0.15) is 0 Å². The Bertz CT molecular complexity index is 357. The van der Waals surface area contributed by atoms with Crippen molar-refractivity contribution >= 4 is 5.69 Å². The van der Waals surface area contributed by atoms with Crippen molar-refractivity contribution in [2.45, 2.75) is 31.7 Å². The van der Waals surface area contributed by atoms with E-state index >= 15 is 0 Å². The molecule has 3 rings (SSSR count). The minimum absolute atomic E-state index is 0.465. The van der Waals surface area contributed by atoms with E-state index in [0.29, 0.717) is 11.8 Å². The van der Waals surface area contributed by atoms with Crippen molar-refractivity contribution in [2.24, 2.45) is 0 Å². The largest absolute Gasteiger partial charge is 0.506 e. The molecule has 1 saturated carbocycles. The fourth-order valence-electron chi connectivity index (χ4n) is 2.53. The Morgan fingerprint density at radius 2 is 2.14 bits per heavy atom. The van der Waals surface area contributed by atoms with Crippen LogP contribution in [-0.4, -0.2) is 17.7 Å². The van der Waals surface area contributed by atoms with E-state index in [1.54, 1.807) is 6.07 Å². The van der Waals surface area contributed by atoms with Crippen LogP contribution in [0.2, 0.25) is 0 Å². The van der Waals surface area contributed by atoms with Gasteiger partial charge in [0.05, 0.1) is 5.69 Å². The predicted octanol–water partition coefficient (Wildman–Crippen LogP) is 2.31. The van der Waals surface area contributed by atoms with Crippen LogP contribution in [0.25, 0.3) is 0 Å². The molecule has 0 aromatic heterocycles. The molecular formula is C12H15NO. The standard InChI is InChI=1S/C12H15NO/c14-11-6-1-3-9-7-8-13(12(9)11)10-4-2-5-10/h1,3,6,10,14H,2,4-5,7-8H2. The Balaban J connectivity index is 1.99. The topological polar surface area (TPSA) is 23.5 Å². The second-order valence-corrected chi connectivity index (χ2v) is 4.31. The van der Waals surface area contributed by atoms with Crippen molar-refractivity contribution in [3.05, 3.63) is 23.8 Å². The molecule has 14 heavy (non-hydrogen) atoms. The summed E-state index contributed by atoms with van der Waals surface area (Å²) in [7, 11) is 0. The lowest BCUT2D eigenvalue weighted by molar-refractivity contribution is 0.387. The van der Waals surface area contributed by atoms with Gasteiger partial charge in [-0.25, -0.2) is 0 Å². The van der Waals surface area contributed by atoms with E-state index in [-0.39, 0.29) is 0 Å². The van der Waals surface area contributed by atoms with Gasteiger partial charge in [0.1, 0.15) is 5.75 Å². The van der Waals surface area contributed by atoms with Crippen LogP contribution in [0, 0.1) is 0 Å². The molecule has 1 aliphatic carbocycles. The minimum Gasteiger partial charge on any atom is -0.506 e. The third-order valence-corrected chi connectivity index (χ3v) is 3.52. The normalized spacial score (nSPS) is 20.7. The van der Waals surface area contributed by atoms with Gasteiger partial charge in [0.15, 0.2) is 0 Å². The highest BCUT2D eigenvalue weighted by Gasteiger charge is 2.31. The molecular weight excluding hydrogens is 174 g/mol. The summed E-state index contributed by atoms with van der Waals surface area (Å²) in [6, 6.07) is 6.58. The van der Waals surface area contributed by atoms with Crippen molar-refractivity contribution in [1.29, 1.82) is 0 Å². The summed E-state index contributed by atoms with van der Waals surface area (Å²) < 4.78 is 0. The molecule has 0 radical (unpaired) electrons. The summed E-state index contributed by atoms with van der Waals surface area (Å²) in [6.45, 7) is 1.09. The first-order chi connectivity index (χ1) is 6.86. The zero-order valence-corrected chi connectivity index (χ0v) is 8.24. The van der Waals surface area contributed by atoms with Crippen LogP contribution in [0.5, 0.6) is 5.75 Å². The second-order valence-electron chi connectivity index (χ2n) is 4.31. The van der Waals surface area contributed by atoms with Crippen molar-refractivity contribution in [3.8, 4) is 5.75 Å². The maximum absolute atomic E-state index is 9.83. The van der Waals surface area contributed by atoms with Gasteiger partial charge in [-0.3, -0.25) is 0 Å². The molecule has 0 unspecified atom stereocenters. The van der Waals surface area contributed by atoms with E-state index in [2.05, 4.69) is 11.0 Å². The number of hydrogen-bond acceptors (Lipinski definition) is 2. The Hall–Kier alpha value is -1.18. The number of nitrogens with zero attached hydrogens (tertiary/aromatic N) is 1. The van der Waals surface area contributed by atoms with E-state index in [0.717, 1.165) is 18.7 Å². The van der Waals surface area contributed by atoms with E-state index in [1.165, 1.54) is 24.8 Å². The first kappa shape index (κ1) is 8.16. The van der Waals surface area contributed by atoms with Gasteiger partial charge in [0.25, 0.3) is 0 Å². The smallest absolute Gasteiger partial charge is 0.139 e. The van der Waals surface area contributed by atoms with Crippen molar-refractivity contribution in [2.75, 3.05) is 11.4 Å². The number of hydrogen-bond donors (Lipinski definition) is 1. The SMILES string of the molecule is Oc1cccc2c1N(C1CCC1)CC2. The van der Waals surface area contributed by atoms with E-state index in [9.17, 15) is 5.11 Å². The van der Waals surface area contributed by atoms with Crippen molar-refractivity contribution in [1.82, 2.24) is 0 Å². The molecule has 1 fully saturated rings. The van der Waals surface area contributed by atoms with Gasteiger partial charge in [-0.1, -0.05) is 12.1 Å². The van der Waals surface area contributed by atoms with Crippen LogP contribution >= 0.6 is 0 Å². The number of aromatic hydroxyl groups is 1. The van der Waals surface area contributed by atoms with Gasteiger partial charge in [0.2, 0.25) is 0 Å². The summed E-state index contributed by atoms with van der Waals surface area (Å²) in [6.07, 6.45) is 5.05. The molecule has 1 heterocycles. The minimum atomic E-state index is 0.465. The lowest BCUT2D eigenvalue weighted by Gasteiger charge is -2.36. The third kappa shape index (κ3) is 1.03. The highest BCUT2D eigenvalue weighted by molar-refractivity contribution is 5.67. The maximum atomic E-state index is 9.83. The van der Waals surface area contributed by atoms with Crippen LogP contribution in [0.4, 0.5) is 5.69 Å². The monoisotopic (exact) mass is 189 g/mol. The predicted molar refractivity (Wildman–Crippen MR) is 56.8 cm³/mol. The Kier molecular flexibility index (Phi) is 1.69. The van der Waals surface area contributed by atoms with Crippen LogP contribution in [0.15, 0.2) is 18.2 Å². The number of para-hydroxylation sites is 1. The fraction of sp³-hybridized carbons (Fsp3) is 0.500. The quantitative estimate of drug-likeness (QED) is 0.732. The summed E-state index contributed by atoms with van der Waals surface area (Å²) >= 11 is 0. The molecule has 74 valence electrons. The number of rotatable bonds is 1. The van der Waals surface area contributed by atoms with Crippen LogP contribution in [0.1, 0.15) is 24.8 Å². The molecule has 1 aromatic rings. The number of anilines is 1. The maximum Gasteiger partial charge on any atom is 0.139 e. The lowest BCUT2D eigenvalue weighted by atomic mass is 9.91. The number of benzene rings is 1. The highest BCUT2D eigenvalue weighted by atomic mass is 16.3. The molecule has 1 aromatic carbocycles. The Morgan fingerprint density at radius 3 is 2.86 bits per heavy atom. The average Bonchev–Trinajstić information content (AvgIpc) is 2.47. The van der Waals surface area contributed by atoms with Gasteiger partial charge in [-0.05, 0) is 37.3 Å². The van der Waals surface area contributed by atoms with Crippen LogP contribution in [0.3, 0.4) is 0 Å². The molecule has 2 aliphatic rings. The number of phenolic OH excluding ortho intramolecular Hbond substituents is 1. The zero-order chi connectivity index (χ0) is 9.54. The first-order valence-electron chi connectivity index (χ1n) is 5.44. The molecule has 0 bridgehead atoms. The van der Waals surface area contributed by atoms with Gasteiger partial charge in [-0.15, -0.1) is 0 Å². The van der Waals surface area contributed by atoms with E-state index in [1.807, 2.05) is 6.07 Å². The van der Waals surface area contributed by atoms with Crippen LogP contribution in [-0.2, 0) is 6.42 Å². The average molecular weight is 189 g/mol. The summed E-state index contributed by atoms with van der Waals surface area (Å²) in [4.78, 5) is 2.40. The van der Waals surface area contributed by atoms with Crippen LogP contribution < -0.4 is 4.90 Å². The molecule has 0 atom stereocenters. The summed E-state index contributed by atoms with van der Waals surface area (Å²) in [5, 5.41) is 9.83. The number of phenols is 1. The van der Waals surface area contributed by atoms with Gasteiger partial charge in [0, 0.05) is 12.6 Å². The highest BCUT2D eigenvalue weighted by Crippen LogP contribution is 2.41. The van der Waals surface area contributed by atoms with Crippen molar-refractivity contribution < 1.29 is 5.11 Å². The van der Waals surface area contributed by atoms with Crippen molar-refractivity contribution in [3.63, 3.8) is 0 Å².